The summed E-state index contributed by atoms with van der Waals surface area (Å²) < 4.78 is 5.77. The molecule has 5 heteroatoms. The lowest BCUT2D eigenvalue weighted by Gasteiger charge is -2.21. The van der Waals surface area contributed by atoms with Crippen LogP contribution in [0.15, 0.2) is 16.6 Å². The lowest BCUT2D eigenvalue weighted by atomic mass is 10.2. The molecule has 2 rings (SSSR count). The van der Waals surface area contributed by atoms with Crippen LogP contribution in [0.3, 0.4) is 0 Å². The standard InChI is InChI=1S/C13H18BrNO3/c1-18-12-7-9(6-11(14)13(12)17)8-15(4-5-16)10-2-3-10/h6-7,10,16-17H,2-5,8H2,1H3. The fourth-order valence-electron chi connectivity index (χ4n) is 2.07. The number of phenols is 1. The van der Waals surface area contributed by atoms with Crippen molar-refractivity contribution >= 4 is 15.9 Å². The van der Waals surface area contributed by atoms with Crippen molar-refractivity contribution in [1.82, 2.24) is 4.90 Å². The first-order chi connectivity index (χ1) is 8.65. The number of nitrogens with zero attached hydrogens (tertiary/aromatic N) is 1. The van der Waals surface area contributed by atoms with Crippen LogP contribution in [0.25, 0.3) is 0 Å². The molecule has 0 aromatic heterocycles. The Kier molecular flexibility index (Phi) is 4.48. The van der Waals surface area contributed by atoms with Gasteiger partial charge < -0.3 is 14.9 Å². The molecule has 0 spiro atoms. The fourth-order valence-corrected chi connectivity index (χ4v) is 2.56. The van der Waals surface area contributed by atoms with Crippen molar-refractivity contribution in [2.24, 2.45) is 0 Å². The Morgan fingerprint density at radius 2 is 2.17 bits per heavy atom. The van der Waals surface area contributed by atoms with E-state index < -0.39 is 0 Å². The topological polar surface area (TPSA) is 52.9 Å². The second-order valence-electron chi connectivity index (χ2n) is 4.55. The predicted molar refractivity (Wildman–Crippen MR) is 72.9 cm³/mol. The monoisotopic (exact) mass is 315 g/mol. The summed E-state index contributed by atoms with van der Waals surface area (Å²) in [6, 6.07) is 4.33. The number of methoxy groups -OCH3 is 1. The van der Waals surface area contributed by atoms with Crippen molar-refractivity contribution in [2.45, 2.75) is 25.4 Å². The molecule has 1 aromatic carbocycles. The highest BCUT2D eigenvalue weighted by Gasteiger charge is 2.28. The molecule has 0 aliphatic heterocycles. The molecular weight excluding hydrogens is 298 g/mol. The van der Waals surface area contributed by atoms with E-state index in [9.17, 15) is 5.11 Å². The average molecular weight is 316 g/mol. The Morgan fingerprint density at radius 1 is 1.44 bits per heavy atom. The second-order valence-corrected chi connectivity index (χ2v) is 5.41. The third-order valence-electron chi connectivity index (χ3n) is 3.14. The van der Waals surface area contributed by atoms with Crippen molar-refractivity contribution < 1.29 is 14.9 Å². The van der Waals surface area contributed by atoms with Gasteiger partial charge in [0.25, 0.3) is 0 Å². The van der Waals surface area contributed by atoms with Crippen LogP contribution in [0.5, 0.6) is 11.5 Å². The maximum absolute atomic E-state index is 9.76. The molecule has 1 aromatic rings. The summed E-state index contributed by atoms with van der Waals surface area (Å²) in [6.07, 6.45) is 2.41. The van der Waals surface area contributed by atoms with Gasteiger partial charge in [0.2, 0.25) is 0 Å². The Labute approximate surface area is 115 Å². The van der Waals surface area contributed by atoms with Crippen LogP contribution in [0, 0.1) is 0 Å². The summed E-state index contributed by atoms with van der Waals surface area (Å²) in [6.45, 7) is 1.62. The van der Waals surface area contributed by atoms with E-state index in [1.807, 2.05) is 12.1 Å². The van der Waals surface area contributed by atoms with Gasteiger partial charge in [-0.1, -0.05) is 0 Å². The molecular formula is C13H18BrNO3. The lowest BCUT2D eigenvalue weighted by Crippen LogP contribution is -2.28. The van der Waals surface area contributed by atoms with Crippen LogP contribution in [0.1, 0.15) is 18.4 Å². The number of aromatic hydroxyl groups is 1. The predicted octanol–water partition coefficient (Wildman–Crippen LogP) is 2.12. The summed E-state index contributed by atoms with van der Waals surface area (Å²) in [7, 11) is 1.54. The maximum atomic E-state index is 9.76. The first-order valence-electron chi connectivity index (χ1n) is 6.06. The Balaban J connectivity index is 2.14. The van der Waals surface area contributed by atoms with E-state index in [1.54, 1.807) is 0 Å². The molecule has 0 heterocycles. The van der Waals surface area contributed by atoms with Gasteiger partial charge in [-0.2, -0.15) is 0 Å². The van der Waals surface area contributed by atoms with E-state index in [1.165, 1.54) is 20.0 Å². The molecule has 0 radical (unpaired) electrons. The Hall–Kier alpha value is -0.780. The van der Waals surface area contributed by atoms with Crippen LogP contribution < -0.4 is 4.74 Å². The summed E-state index contributed by atoms with van der Waals surface area (Å²) in [5.74, 6) is 0.598. The molecule has 18 heavy (non-hydrogen) atoms. The Morgan fingerprint density at radius 3 is 2.72 bits per heavy atom. The van der Waals surface area contributed by atoms with Crippen molar-refractivity contribution in [3.05, 3.63) is 22.2 Å². The number of halogens is 1. The van der Waals surface area contributed by atoms with Crippen LogP contribution in [0.4, 0.5) is 0 Å². The molecule has 1 fully saturated rings. The SMILES string of the molecule is COc1cc(CN(CCO)C2CC2)cc(Br)c1O. The zero-order chi connectivity index (χ0) is 13.1. The molecule has 0 saturated heterocycles. The highest BCUT2D eigenvalue weighted by molar-refractivity contribution is 9.10. The lowest BCUT2D eigenvalue weighted by molar-refractivity contribution is 0.183. The summed E-state index contributed by atoms with van der Waals surface area (Å²) in [4.78, 5) is 2.26. The number of ether oxygens (including phenoxy) is 1. The first-order valence-corrected chi connectivity index (χ1v) is 6.85. The molecule has 2 N–H and O–H groups in total. The normalized spacial score (nSPS) is 15.1. The van der Waals surface area contributed by atoms with Gasteiger partial charge in [0, 0.05) is 19.1 Å². The van der Waals surface area contributed by atoms with Crippen molar-refractivity contribution in [3.8, 4) is 11.5 Å². The second kappa shape index (κ2) is 5.91. The molecule has 100 valence electrons. The molecule has 0 unspecified atom stereocenters. The highest BCUT2D eigenvalue weighted by atomic mass is 79.9. The quantitative estimate of drug-likeness (QED) is 0.844. The minimum Gasteiger partial charge on any atom is -0.503 e. The van der Waals surface area contributed by atoms with Gasteiger partial charge in [-0.05, 0) is 46.5 Å². The minimum atomic E-state index is 0.126. The van der Waals surface area contributed by atoms with Crippen LogP contribution in [-0.4, -0.2) is 41.4 Å². The van der Waals surface area contributed by atoms with Crippen LogP contribution >= 0.6 is 15.9 Å². The van der Waals surface area contributed by atoms with Crippen molar-refractivity contribution in [2.75, 3.05) is 20.3 Å². The minimum absolute atomic E-state index is 0.126. The number of aliphatic hydroxyl groups excluding tert-OH is 1. The van der Waals surface area contributed by atoms with Gasteiger partial charge in [0.15, 0.2) is 11.5 Å². The fraction of sp³-hybridized carbons (Fsp3) is 0.538. The number of hydrogen-bond acceptors (Lipinski definition) is 4. The van der Waals surface area contributed by atoms with Crippen LogP contribution in [0.2, 0.25) is 0 Å². The smallest absolute Gasteiger partial charge is 0.172 e. The Bertz CT molecular complexity index is 421. The molecule has 1 aliphatic rings. The van der Waals surface area contributed by atoms with Gasteiger partial charge in [0.05, 0.1) is 18.2 Å². The largest absolute Gasteiger partial charge is 0.503 e. The number of aliphatic hydroxyl groups is 1. The number of benzene rings is 1. The van der Waals surface area contributed by atoms with E-state index in [0.29, 0.717) is 22.8 Å². The zero-order valence-corrected chi connectivity index (χ0v) is 12.0. The van der Waals surface area contributed by atoms with Gasteiger partial charge in [-0.25, -0.2) is 0 Å². The average Bonchev–Trinajstić information content (AvgIpc) is 3.17. The van der Waals surface area contributed by atoms with Gasteiger partial charge in [-0.15, -0.1) is 0 Å². The summed E-state index contributed by atoms with van der Waals surface area (Å²) in [5.41, 5.74) is 1.07. The molecule has 1 aliphatic carbocycles. The van der Waals surface area contributed by atoms with E-state index in [2.05, 4.69) is 20.8 Å². The zero-order valence-electron chi connectivity index (χ0n) is 10.4. The van der Waals surface area contributed by atoms with Crippen molar-refractivity contribution in [3.63, 3.8) is 0 Å². The van der Waals surface area contributed by atoms with Gasteiger partial charge >= 0.3 is 0 Å². The maximum Gasteiger partial charge on any atom is 0.172 e. The third kappa shape index (κ3) is 3.16. The van der Waals surface area contributed by atoms with E-state index in [-0.39, 0.29) is 12.4 Å². The van der Waals surface area contributed by atoms with E-state index in [0.717, 1.165) is 12.1 Å². The van der Waals surface area contributed by atoms with Gasteiger partial charge in [-0.3, -0.25) is 4.90 Å². The summed E-state index contributed by atoms with van der Waals surface area (Å²) in [5, 5.41) is 18.8. The third-order valence-corrected chi connectivity index (χ3v) is 3.75. The van der Waals surface area contributed by atoms with E-state index >= 15 is 0 Å². The molecule has 0 bridgehead atoms. The summed E-state index contributed by atoms with van der Waals surface area (Å²) >= 11 is 3.32. The first kappa shape index (κ1) is 13.6. The molecule has 1 saturated carbocycles. The number of hydrogen-bond donors (Lipinski definition) is 2. The highest BCUT2D eigenvalue weighted by Crippen LogP contribution is 2.36. The number of rotatable bonds is 6. The molecule has 0 atom stereocenters. The van der Waals surface area contributed by atoms with Crippen LogP contribution in [-0.2, 0) is 6.54 Å². The van der Waals surface area contributed by atoms with Crippen molar-refractivity contribution in [1.29, 1.82) is 0 Å². The van der Waals surface area contributed by atoms with Gasteiger partial charge in [0.1, 0.15) is 0 Å². The molecule has 0 amide bonds. The van der Waals surface area contributed by atoms with E-state index in [4.69, 9.17) is 9.84 Å². The number of phenolic OH excluding ortho intramolecular Hbond substituents is 1. The molecule has 4 nitrogen and oxygen atoms in total.